The second-order valence-corrected chi connectivity index (χ2v) is 15.5. The van der Waals surface area contributed by atoms with Crippen molar-refractivity contribution in [3.05, 3.63) is 182 Å². The average Bonchev–Trinajstić information content (AvgIpc) is 3.96. The highest BCUT2D eigenvalue weighted by Gasteiger charge is 2.19. The molecule has 0 saturated heterocycles. The van der Waals surface area contributed by atoms with Crippen LogP contribution in [0.25, 0.3) is 115 Å². The van der Waals surface area contributed by atoms with E-state index in [0.717, 1.165) is 77.2 Å². The highest BCUT2D eigenvalue weighted by Crippen LogP contribution is 2.41. The van der Waals surface area contributed by atoms with Crippen molar-refractivity contribution in [3.63, 3.8) is 0 Å². The minimum Gasteiger partial charge on any atom is -0.455 e. The molecule has 0 spiro atoms. The van der Waals surface area contributed by atoms with E-state index in [0.29, 0.717) is 17.5 Å². The second-order valence-electron chi connectivity index (χ2n) is 14.4. The van der Waals surface area contributed by atoms with Gasteiger partial charge in [-0.25, -0.2) is 15.0 Å². The summed E-state index contributed by atoms with van der Waals surface area (Å²) < 4.78 is 11.4. The molecule has 6 heteroatoms. The zero-order valence-electron chi connectivity index (χ0n) is 30.4. The Morgan fingerprint density at radius 1 is 0.386 bits per heavy atom. The van der Waals surface area contributed by atoms with Gasteiger partial charge in [-0.3, -0.25) is 0 Å². The molecule has 0 aliphatic rings. The summed E-state index contributed by atoms with van der Waals surface area (Å²) >= 11 is 1.80. The van der Waals surface area contributed by atoms with Crippen LogP contribution >= 0.6 is 11.3 Å². The number of nitrogens with zero attached hydrogens (tertiary/aromatic N) is 4. The standard InChI is InChI=1S/C51H30N4OS/c1-2-12-31(13-3-1)49-52-50(54-51(53-49)35-24-25-39-38-19-6-9-23-45(38)57-46(39)30-35)34-16-10-14-32(28-34)33-15-11-17-36(29-33)55-42-21-7-4-20-41(42)47-43(55)27-26-40-37-18-5-8-22-44(37)56-48(40)47/h1-30H. The first kappa shape index (κ1) is 31.9. The van der Waals surface area contributed by atoms with E-state index in [1.807, 2.05) is 42.5 Å². The Morgan fingerprint density at radius 2 is 1.00 bits per heavy atom. The first-order valence-electron chi connectivity index (χ1n) is 19.0. The monoisotopic (exact) mass is 746 g/mol. The van der Waals surface area contributed by atoms with Crippen LogP contribution in [-0.4, -0.2) is 19.5 Å². The minimum atomic E-state index is 0.630. The Balaban J connectivity index is 0.987. The lowest BCUT2D eigenvalue weighted by molar-refractivity contribution is 0.673. The summed E-state index contributed by atoms with van der Waals surface area (Å²) in [5.74, 6) is 1.92. The Kier molecular flexibility index (Phi) is 7.03. The van der Waals surface area contributed by atoms with E-state index in [-0.39, 0.29) is 0 Å². The van der Waals surface area contributed by atoms with Crippen molar-refractivity contribution in [1.29, 1.82) is 0 Å². The zero-order valence-corrected chi connectivity index (χ0v) is 31.2. The number of aromatic nitrogens is 4. The number of thiophene rings is 1. The number of rotatable bonds is 5. The lowest BCUT2D eigenvalue weighted by Crippen LogP contribution is -2.00. The molecule has 0 atom stereocenters. The number of furan rings is 1. The van der Waals surface area contributed by atoms with Crippen LogP contribution in [0.15, 0.2) is 186 Å². The average molecular weight is 747 g/mol. The van der Waals surface area contributed by atoms with E-state index >= 15 is 0 Å². The Hall–Kier alpha value is -7.41. The molecule has 0 N–H and O–H groups in total. The summed E-state index contributed by atoms with van der Waals surface area (Å²) in [6.45, 7) is 0. The first-order chi connectivity index (χ1) is 28.2. The summed E-state index contributed by atoms with van der Waals surface area (Å²) in [4.78, 5) is 15.2. The molecular weight excluding hydrogens is 717 g/mol. The van der Waals surface area contributed by atoms with Crippen LogP contribution in [0.5, 0.6) is 0 Å². The van der Waals surface area contributed by atoms with Gasteiger partial charge in [0.25, 0.3) is 0 Å². The zero-order chi connectivity index (χ0) is 37.5. The smallest absolute Gasteiger partial charge is 0.164 e. The first-order valence-corrected chi connectivity index (χ1v) is 19.8. The number of para-hydroxylation sites is 2. The van der Waals surface area contributed by atoms with Gasteiger partial charge in [0.15, 0.2) is 17.5 Å². The summed E-state index contributed by atoms with van der Waals surface area (Å²) in [5.41, 5.74) is 10.1. The highest BCUT2D eigenvalue weighted by atomic mass is 32.1. The predicted molar refractivity (Wildman–Crippen MR) is 236 cm³/mol. The van der Waals surface area contributed by atoms with Crippen molar-refractivity contribution < 1.29 is 4.42 Å². The molecule has 12 aromatic rings. The van der Waals surface area contributed by atoms with Gasteiger partial charge in [0, 0.05) is 58.7 Å². The quantitative estimate of drug-likeness (QED) is 0.176. The maximum atomic E-state index is 6.55. The van der Waals surface area contributed by atoms with Crippen molar-refractivity contribution in [2.75, 3.05) is 0 Å². The highest BCUT2D eigenvalue weighted by molar-refractivity contribution is 7.25. The maximum Gasteiger partial charge on any atom is 0.164 e. The lowest BCUT2D eigenvalue weighted by atomic mass is 10.0. The van der Waals surface area contributed by atoms with Gasteiger partial charge in [0.1, 0.15) is 11.2 Å². The molecule has 4 heterocycles. The van der Waals surface area contributed by atoms with Crippen LogP contribution in [0.4, 0.5) is 0 Å². The van der Waals surface area contributed by atoms with Crippen LogP contribution in [-0.2, 0) is 0 Å². The molecule has 8 aromatic carbocycles. The molecule has 0 bridgehead atoms. The normalized spacial score (nSPS) is 11.9. The number of hydrogen-bond donors (Lipinski definition) is 0. The van der Waals surface area contributed by atoms with E-state index in [1.165, 1.54) is 20.2 Å². The molecule has 266 valence electrons. The Labute approximate surface area is 330 Å². The van der Waals surface area contributed by atoms with E-state index in [2.05, 4.69) is 144 Å². The summed E-state index contributed by atoms with van der Waals surface area (Å²) in [6, 6.07) is 63.8. The van der Waals surface area contributed by atoms with Crippen molar-refractivity contribution in [1.82, 2.24) is 19.5 Å². The van der Waals surface area contributed by atoms with Crippen LogP contribution in [0.3, 0.4) is 0 Å². The molecule has 5 nitrogen and oxygen atoms in total. The van der Waals surface area contributed by atoms with Crippen molar-refractivity contribution in [2.45, 2.75) is 0 Å². The summed E-state index contributed by atoms with van der Waals surface area (Å²) in [6.07, 6.45) is 0. The molecule has 0 saturated carbocycles. The van der Waals surface area contributed by atoms with Gasteiger partial charge in [-0.1, -0.05) is 127 Å². The fraction of sp³-hybridized carbons (Fsp3) is 0. The largest absolute Gasteiger partial charge is 0.455 e. The van der Waals surface area contributed by atoms with Gasteiger partial charge in [-0.05, 0) is 65.7 Å². The van der Waals surface area contributed by atoms with E-state index in [1.54, 1.807) is 11.3 Å². The third-order valence-electron chi connectivity index (χ3n) is 11.0. The van der Waals surface area contributed by atoms with Crippen molar-refractivity contribution >= 4 is 75.3 Å². The fourth-order valence-electron chi connectivity index (χ4n) is 8.39. The lowest BCUT2D eigenvalue weighted by Gasteiger charge is -2.12. The topological polar surface area (TPSA) is 56.7 Å². The second kappa shape index (κ2) is 12.6. The Morgan fingerprint density at radius 3 is 1.86 bits per heavy atom. The number of hydrogen-bond acceptors (Lipinski definition) is 5. The number of benzene rings is 8. The van der Waals surface area contributed by atoms with Crippen molar-refractivity contribution in [3.8, 4) is 51.0 Å². The van der Waals surface area contributed by atoms with Gasteiger partial charge >= 0.3 is 0 Å². The SMILES string of the molecule is c1ccc(-c2nc(-c3cccc(-c4cccc(-n5c6ccccc6c6c7oc8ccccc8c7ccc65)c4)c3)nc(-c3ccc4c(c3)sc3ccccc34)n2)cc1. The van der Waals surface area contributed by atoms with E-state index in [4.69, 9.17) is 19.4 Å². The molecule has 0 aliphatic carbocycles. The van der Waals surface area contributed by atoms with Gasteiger partial charge < -0.3 is 8.98 Å². The summed E-state index contributed by atoms with van der Waals surface area (Å²) in [5, 5.41) is 7.06. The molecule has 4 aromatic heterocycles. The van der Waals surface area contributed by atoms with E-state index < -0.39 is 0 Å². The van der Waals surface area contributed by atoms with Crippen LogP contribution in [0.2, 0.25) is 0 Å². The van der Waals surface area contributed by atoms with Gasteiger partial charge in [-0.2, -0.15) is 0 Å². The molecule has 0 aliphatic heterocycles. The maximum absolute atomic E-state index is 6.55. The molecule has 57 heavy (non-hydrogen) atoms. The van der Waals surface area contributed by atoms with Gasteiger partial charge in [0.05, 0.1) is 16.4 Å². The third kappa shape index (κ3) is 5.12. The number of fused-ring (bicyclic) bond motifs is 10. The fourth-order valence-corrected chi connectivity index (χ4v) is 9.54. The van der Waals surface area contributed by atoms with E-state index in [9.17, 15) is 0 Å². The van der Waals surface area contributed by atoms with Crippen LogP contribution in [0.1, 0.15) is 0 Å². The molecule has 0 fully saturated rings. The molecule has 0 amide bonds. The van der Waals surface area contributed by atoms with Crippen LogP contribution < -0.4 is 0 Å². The summed E-state index contributed by atoms with van der Waals surface area (Å²) in [7, 11) is 0. The van der Waals surface area contributed by atoms with Gasteiger partial charge in [0.2, 0.25) is 0 Å². The predicted octanol–water partition coefficient (Wildman–Crippen LogP) is 13.9. The Bertz CT molecular complexity index is 3540. The molecule has 0 radical (unpaired) electrons. The molecular formula is C51H30N4OS. The van der Waals surface area contributed by atoms with Crippen LogP contribution in [0, 0.1) is 0 Å². The molecule has 0 unspecified atom stereocenters. The molecule has 12 rings (SSSR count). The van der Waals surface area contributed by atoms with Crippen molar-refractivity contribution in [2.24, 2.45) is 0 Å². The minimum absolute atomic E-state index is 0.630. The third-order valence-corrected chi connectivity index (χ3v) is 12.2. The van der Waals surface area contributed by atoms with Gasteiger partial charge in [-0.15, -0.1) is 11.3 Å².